The van der Waals surface area contributed by atoms with E-state index in [1.807, 2.05) is 30.3 Å². The van der Waals surface area contributed by atoms with Gasteiger partial charge in [0, 0.05) is 23.8 Å². The molecule has 164 valence electrons. The van der Waals surface area contributed by atoms with E-state index in [0.717, 1.165) is 17.4 Å². The van der Waals surface area contributed by atoms with Gasteiger partial charge in [-0.15, -0.1) is 0 Å². The summed E-state index contributed by atoms with van der Waals surface area (Å²) in [5.41, 5.74) is 1.67. The van der Waals surface area contributed by atoms with Crippen LogP contribution in [0.1, 0.15) is 12.5 Å². The van der Waals surface area contributed by atoms with Crippen LogP contribution < -0.4 is 14.9 Å². The fourth-order valence-corrected chi connectivity index (χ4v) is 2.97. The molecule has 0 amide bonds. The second-order valence-corrected chi connectivity index (χ2v) is 6.78. The maximum Gasteiger partial charge on any atom is 0.197 e. The van der Waals surface area contributed by atoms with Crippen LogP contribution in [0.4, 0.5) is 0 Å². The Morgan fingerprint density at radius 2 is 1.66 bits per heavy atom. The Morgan fingerprint density at radius 1 is 0.969 bits per heavy atom. The molecule has 0 bridgehead atoms. The van der Waals surface area contributed by atoms with E-state index in [1.54, 1.807) is 50.4 Å². The monoisotopic (exact) mass is 432 g/mol. The summed E-state index contributed by atoms with van der Waals surface area (Å²) >= 11 is 0. The molecule has 0 aliphatic rings. The highest BCUT2D eigenvalue weighted by Crippen LogP contribution is 2.31. The molecular weight excluding hydrogens is 408 g/mol. The molecular formula is C26H24O6. The van der Waals surface area contributed by atoms with Crippen molar-refractivity contribution >= 4 is 11.0 Å². The Bertz CT molecular complexity index is 1240. The van der Waals surface area contributed by atoms with Crippen molar-refractivity contribution in [2.75, 3.05) is 7.11 Å². The second-order valence-electron chi connectivity index (χ2n) is 6.78. The van der Waals surface area contributed by atoms with Gasteiger partial charge in [-0.25, -0.2) is 0 Å². The van der Waals surface area contributed by atoms with E-state index in [1.165, 1.54) is 12.1 Å². The number of hydrogen-bond acceptors (Lipinski definition) is 6. The number of aromatic hydroxyl groups is 1. The number of hydrogen-bond donors (Lipinski definition) is 2. The lowest BCUT2D eigenvalue weighted by Crippen LogP contribution is -2.02. The number of aliphatic hydroxyl groups is 1. The first-order valence-corrected chi connectivity index (χ1v) is 9.93. The third-order valence-electron chi connectivity index (χ3n) is 4.56. The summed E-state index contributed by atoms with van der Waals surface area (Å²) in [6, 6.07) is 21.3. The van der Waals surface area contributed by atoms with Crippen molar-refractivity contribution < 1.29 is 24.1 Å². The third-order valence-corrected chi connectivity index (χ3v) is 4.56. The number of aliphatic hydroxyl groups excluding tert-OH is 1. The summed E-state index contributed by atoms with van der Waals surface area (Å²) in [4.78, 5) is 12.5. The first kappa shape index (κ1) is 22.5. The Kier molecular flexibility index (Phi) is 7.54. The van der Waals surface area contributed by atoms with E-state index in [9.17, 15) is 9.90 Å². The van der Waals surface area contributed by atoms with Crippen LogP contribution in [0.15, 0.2) is 94.3 Å². The molecule has 6 nitrogen and oxygen atoms in total. The van der Waals surface area contributed by atoms with Crippen LogP contribution in [0.5, 0.6) is 17.2 Å². The zero-order chi connectivity index (χ0) is 22.9. The van der Waals surface area contributed by atoms with Crippen molar-refractivity contribution in [1.82, 2.24) is 0 Å². The first-order valence-electron chi connectivity index (χ1n) is 9.93. The number of rotatable bonds is 5. The second kappa shape index (κ2) is 10.7. The van der Waals surface area contributed by atoms with Gasteiger partial charge in [-0.3, -0.25) is 4.79 Å². The maximum atomic E-state index is 12.5. The van der Waals surface area contributed by atoms with Crippen molar-refractivity contribution in [1.29, 1.82) is 0 Å². The van der Waals surface area contributed by atoms with Gasteiger partial charge in [0.25, 0.3) is 0 Å². The van der Waals surface area contributed by atoms with Crippen molar-refractivity contribution in [3.63, 3.8) is 0 Å². The van der Waals surface area contributed by atoms with Crippen LogP contribution in [-0.4, -0.2) is 17.3 Å². The molecule has 0 saturated carbocycles. The van der Waals surface area contributed by atoms with E-state index in [0.29, 0.717) is 23.9 Å². The highest BCUT2D eigenvalue weighted by Gasteiger charge is 2.13. The number of ether oxygens (including phenoxy) is 2. The Labute approximate surface area is 185 Å². The summed E-state index contributed by atoms with van der Waals surface area (Å²) in [5.74, 6) is 1.36. The maximum absolute atomic E-state index is 12.5. The summed E-state index contributed by atoms with van der Waals surface area (Å²) in [6.07, 6.45) is 2.56. The molecule has 1 heterocycles. The molecule has 1 aromatic heterocycles. The van der Waals surface area contributed by atoms with E-state index in [4.69, 9.17) is 19.0 Å². The van der Waals surface area contributed by atoms with Crippen molar-refractivity contribution in [3.8, 4) is 28.6 Å². The number of methoxy groups -OCH3 is 1. The molecule has 0 aliphatic carbocycles. The molecule has 0 unspecified atom stereocenters. The highest BCUT2D eigenvalue weighted by atomic mass is 16.5. The number of phenols is 1. The molecule has 32 heavy (non-hydrogen) atoms. The summed E-state index contributed by atoms with van der Waals surface area (Å²) in [6.45, 7) is 2.09. The number of allylic oxidation sites excluding steroid dienone is 1. The molecule has 0 saturated heterocycles. The fourth-order valence-electron chi connectivity index (χ4n) is 2.97. The molecule has 3 aromatic carbocycles. The quantitative estimate of drug-likeness (QED) is 0.386. The Morgan fingerprint density at radius 3 is 2.28 bits per heavy atom. The third kappa shape index (κ3) is 5.49. The highest BCUT2D eigenvalue weighted by molar-refractivity contribution is 5.86. The molecule has 0 radical (unpaired) electrons. The molecule has 0 atom stereocenters. The van der Waals surface area contributed by atoms with Gasteiger partial charge in [0.05, 0.1) is 13.4 Å². The smallest absolute Gasteiger partial charge is 0.197 e. The Balaban J connectivity index is 0.000000668. The van der Waals surface area contributed by atoms with Crippen LogP contribution in [0.3, 0.4) is 0 Å². The SMILES string of the molecule is CC=CO.COc1ccc(-c2cc(=O)c3c(O)cc(OCc4ccccc4)cc3o2)cc1. The Hall–Kier alpha value is -4.19. The molecule has 2 N–H and O–H groups in total. The molecule has 0 fully saturated rings. The molecule has 4 aromatic rings. The lowest BCUT2D eigenvalue weighted by molar-refractivity contribution is 0.304. The average molecular weight is 432 g/mol. The van der Waals surface area contributed by atoms with Gasteiger partial charge in [-0.2, -0.15) is 0 Å². The van der Waals surface area contributed by atoms with Crippen molar-refractivity contribution in [2.45, 2.75) is 13.5 Å². The zero-order valence-corrected chi connectivity index (χ0v) is 17.8. The van der Waals surface area contributed by atoms with Gasteiger partial charge < -0.3 is 24.1 Å². The molecule has 0 spiro atoms. The number of phenolic OH excluding ortho intramolecular Hbond substituents is 1. The van der Waals surface area contributed by atoms with Crippen molar-refractivity contribution in [2.24, 2.45) is 0 Å². The van der Waals surface area contributed by atoms with Crippen LogP contribution in [-0.2, 0) is 6.61 Å². The van der Waals surface area contributed by atoms with Crippen molar-refractivity contribution in [3.05, 3.63) is 101 Å². The topological polar surface area (TPSA) is 89.1 Å². The van der Waals surface area contributed by atoms with Gasteiger partial charge in [-0.05, 0) is 36.8 Å². The minimum absolute atomic E-state index is 0.129. The minimum atomic E-state index is -0.320. The van der Waals surface area contributed by atoms with E-state index >= 15 is 0 Å². The summed E-state index contributed by atoms with van der Waals surface area (Å²) < 4.78 is 16.8. The molecule has 0 aliphatic heterocycles. The first-order chi connectivity index (χ1) is 15.5. The molecule has 6 heteroatoms. The standard InChI is InChI=1S/C23H18O5.C3H6O/c1-26-17-9-7-16(8-10-17)21-13-20(25)23-19(24)11-18(12-22(23)28-21)27-14-15-5-3-2-4-6-15;1-2-3-4/h2-13,24H,14H2,1H3;2-4H,1H3. The van der Waals surface area contributed by atoms with Gasteiger partial charge in [0.1, 0.15) is 40.6 Å². The van der Waals surface area contributed by atoms with Crippen LogP contribution >= 0.6 is 0 Å². The van der Waals surface area contributed by atoms with Crippen LogP contribution in [0.25, 0.3) is 22.3 Å². The lowest BCUT2D eigenvalue weighted by atomic mass is 10.1. The van der Waals surface area contributed by atoms with Crippen LogP contribution in [0.2, 0.25) is 0 Å². The molecule has 4 rings (SSSR count). The number of fused-ring (bicyclic) bond motifs is 1. The van der Waals surface area contributed by atoms with E-state index < -0.39 is 0 Å². The fraction of sp³-hybridized carbons (Fsp3) is 0.115. The predicted octanol–water partition coefficient (Wildman–Crippen LogP) is 5.83. The summed E-state index contributed by atoms with van der Waals surface area (Å²) in [5, 5.41) is 18.1. The van der Waals surface area contributed by atoms with E-state index in [2.05, 4.69) is 0 Å². The predicted molar refractivity (Wildman–Crippen MR) is 124 cm³/mol. The van der Waals surface area contributed by atoms with Gasteiger partial charge >= 0.3 is 0 Å². The normalized spacial score (nSPS) is 10.6. The number of benzene rings is 3. The van der Waals surface area contributed by atoms with Gasteiger partial charge in [0.2, 0.25) is 0 Å². The van der Waals surface area contributed by atoms with Crippen LogP contribution in [0, 0.1) is 0 Å². The van der Waals surface area contributed by atoms with E-state index in [-0.39, 0.29) is 22.1 Å². The van der Waals surface area contributed by atoms with Gasteiger partial charge in [0.15, 0.2) is 5.43 Å². The summed E-state index contributed by atoms with van der Waals surface area (Å²) in [7, 11) is 1.59. The average Bonchev–Trinajstić information content (AvgIpc) is 2.83. The lowest BCUT2D eigenvalue weighted by Gasteiger charge is -2.09. The largest absolute Gasteiger partial charge is 0.516 e. The van der Waals surface area contributed by atoms with Gasteiger partial charge in [-0.1, -0.05) is 36.4 Å². The minimum Gasteiger partial charge on any atom is -0.516 e. The zero-order valence-electron chi connectivity index (χ0n) is 17.8.